The van der Waals surface area contributed by atoms with Crippen LogP contribution in [-0.4, -0.2) is 46.1 Å². The second-order valence-electron chi connectivity index (χ2n) is 5.08. The zero-order valence-electron chi connectivity index (χ0n) is 14.0. The van der Waals surface area contributed by atoms with E-state index in [1.165, 1.54) is 6.20 Å². The van der Waals surface area contributed by atoms with E-state index in [1.807, 2.05) is 0 Å². The third kappa shape index (κ3) is 5.13. The molecule has 2 aromatic heterocycles. The van der Waals surface area contributed by atoms with Crippen molar-refractivity contribution in [1.82, 2.24) is 20.5 Å². The van der Waals surface area contributed by atoms with E-state index in [1.54, 1.807) is 32.0 Å². The predicted octanol–water partition coefficient (Wildman–Crippen LogP) is 1.05. The minimum atomic E-state index is -0.516. The number of rotatable bonds is 7. The maximum Gasteiger partial charge on any atom is 0.307 e. The van der Waals surface area contributed by atoms with Gasteiger partial charge in [0.25, 0.3) is 11.8 Å². The van der Waals surface area contributed by atoms with Crippen molar-refractivity contribution in [2.24, 2.45) is 0 Å². The molecule has 2 aromatic rings. The molecule has 0 saturated heterocycles. The van der Waals surface area contributed by atoms with Gasteiger partial charge in [0, 0.05) is 18.4 Å². The van der Waals surface area contributed by atoms with Crippen LogP contribution < -0.4 is 10.6 Å². The number of aromatic amines is 1. The zero-order chi connectivity index (χ0) is 18.2. The average molecular weight is 345 g/mol. The number of ether oxygens (including phenoxy) is 1. The van der Waals surface area contributed by atoms with E-state index in [4.69, 9.17) is 4.74 Å². The Hall–Kier alpha value is -3.23. The summed E-state index contributed by atoms with van der Waals surface area (Å²) in [6.07, 6.45) is 1.45. The van der Waals surface area contributed by atoms with Gasteiger partial charge < -0.3 is 15.4 Å². The Labute approximate surface area is 144 Å². The van der Waals surface area contributed by atoms with Gasteiger partial charge in [0.05, 0.1) is 18.7 Å². The van der Waals surface area contributed by atoms with E-state index in [0.717, 1.165) is 0 Å². The van der Waals surface area contributed by atoms with Crippen LogP contribution in [0.2, 0.25) is 0 Å². The second-order valence-corrected chi connectivity index (χ2v) is 5.08. The van der Waals surface area contributed by atoms with Gasteiger partial charge in [0.1, 0.15) is 5.69 Å². The first-order valence-corrected chi connectivity index (χ1v) is 7.74. The van der Waals surface area contributed by atoms with Crippen LogP contribution in [-0.2, 0) is 9.53 Å². The highest BCUT2D eigenvalue weighted by molar-refractivity contribution is 6.07. The summed E-state index contributed by atoms with van der Waals surface area (Å²) in [5.74, 6) is -1.37. The quantitative estimate of drug-likeness (QED) is 0.644. The molecular weight excluding hydrogens is 326 g/mol. The van der Waals surface area contributed by atoms with Crippen molar-refractivity contribution in [2.45, 2.75) is 20.3 Å². The Morgan fingerprint density at radius 1 is 1.24 bits per heavy atom. The molecule has 0 aliphatic heterocycles. The van der Waals surface area contributed by atoms with Crippen LogP contribution in [0.25, 0.3) is 0 Å². The van der Waals surface area contributed by atoms with Gasteiger partial charge in [-0.1, -0.05) is 6.07 Å². The first-order valence-electron chi connectivity index (χ1n) is 7.74. The van der Waals surface area contributed by atoms with Crippen LogP contribution in [0.4, 0.5) is 5.69 Å². The lowest BCUT2D eigenvalue weighted by molar-refractivity contribution is -0.142. The maximum absolute atomic E-state index is 12.2. The van der Waals surface area contributed by atoms with Crippen molar-refractivity contribution >= 4 is 23.5 Å². The fourth-order valence-corrected chi connectivity index (χ4v) is 2.01. The number of pyridine rings is 1. The Balaban J connectivity index is 1.96. The van der Waals surface area contributed by atoms with Gasteiger partial charge in [0.2, 0.25) is 0 Å². The molecule has 0 bridgehead atoms. The maximum atomic E-state index is 12.2. The molecule has 0 aromatic carbocycles. The predicted molar refractivity (Wildman–Crippen MR) is 89.1 cm³/mol. The van der Waals surface area contributed by atoms with Gasteiger partial charge in [0.15, 0.2) is 5.69 Å². The van der Waals surface area contributed by atoms with E-state index in [9.17, 15) is 14.4 Å². The average Bonchev–Trinajstić information content (AvgIpc) is 3.03. The number of anilines is 1. The molecule has 0 radical (unpaired) electrons. The first kappa shape index (κ1) is 18.1. The number of amides is 2. The summed E-state index contributed by atoms with van der Waals surface area (Å²) >= 11 is 0. The normalized spacial score (nSPS) is 10.2. The van der Waals surface area contributed by atoms with Gasteiger partial charge >= 0.3 is 5.97 Å². The number of nitrogens with zero attached hydrogens (tertiary/aromatic N) is 2. The second kappa shape index (κ2) is 8.57. The van der Waals surface area contributed by atoms with Gasteiger partial charge in [-0.25, -0.2) is 4.98 Å². The molecule has 2 rings (SSSR count). The fraction of sp³-hybridized carbons (Fsp3) is 0.312. The number of nitrogens with one attached hydrogen (secondary N) is 3. The number of aromatic nitrogens is 3. The Morgan fingerprint density at radius 3 is 2.76 bits per heavy atom. The van der Waals surface area contributed by atoms with Gasteiger partial charge in [-0.2, -0.15) is 5.10 Å². The van der Waals surface area contributed by atoms with Gasteiger partial charge in [-0.3, -0.25) is 19.5 Å². The van der Waals surface area contributed by atoms with Crippen LogP contribution >= 0.6 is 0 Å². The number of hydrogen-bond donors (Lipinski definition) is 3. The number of carbonyl (C=O) groups excluding carboxylic acids is 3. The summed E-state index contributed by atoms with van der Waals surface area (Å²) < 4.78 is 4.77. The van der Waals surface area contributed by atoms with E-state index in [2.05, 4.69) is 25.8 Å². The third-order valence-corrected chi connectivity index (χ3v) is 3.14. The summed E-state index contributed by atoms with van der Waals surface area (Å²) in [4.78, 5) is 39.7. The van der Waals surface area contributed by atoms with Crippen molar-refractivity contribution in [2.75, 3.05) is 18.5 Å². The molecular formula is C16H19N5O4. The Morgan fingerprint density at radius 2 is 2.04 bits per heavy atom. The number of aryl methyl sites for hydroxylation is 1. The molecule has 25 heavy (non-hydrogen) atoms. The van der Waals surface area contributed by atoms with Crippen LogP contribution in [0.5, 0.6) is 0 Å². The molecule has 0 saturated carbocycles. The number of H-pyrrole nitrogens is 1. The van der Waals surface area contributed by atoms with Crippen molar-refractivity contribution < 1.29 is 19.1 Å². The smallest absolute Gasteiger partial charge is 0.307 e. The van der Waals surface area contributed by atoms with Gasteiger partial charge in [-0.05, 0) is 26.0 Å². The number of carbonyl (C=O) groups is 3. The fourth-order valence-electron chi connectivity index (χ4n) is 2.01. The summed E-state index contributed by atoms with van der Waals surface area (Å²) in [5.41, 5.74) is 1.18. The van der Waals surface area contributed by atoms with Gasteiger partial charge in [-0.15, -0.1) is 0 Å². The number of esters is 1. The molecule has 2 amide bonds. The minimum Gasteiger partial charge on any atom is -0.466 e. The highest BCUT2D eigenvalue weighted by Gasteiger charge is 2.18. The molecule has 132 valence electrons. The molecule has 0 unspecified atom stereocenters. The Kier molecular flexibility index (Phi) is 6.21. The van der Waals surface area contributed by atoms with Crippen LogP contribution in [0, 0.1) is 6.92 Å². The van der Waals surface area contributed by atoms with Crippen molar-refractivity contribution in [3.8, 4) is 0 Å². The summed E-state index contributed by atoms with van der Waals surface area (Å²) in [7, 11) is 0. The molecule has 0 spiro atoms. The molecule has 0 aliphatic carbocycles. The first-order chi connectivity index (χ1) is 12.0. The third-order valence-electron chi connectivity index (χ3n) is 3.14. The highest BCUT2D eigenvalue weighted by atomic mass is 16.5. The van der Waals surface area contributed by atoms with Crippen LogP contribution in [0.15, 0.2) is 24.4 Å². The molecule has 2 heterocycles. The molecule has 0 atom stereocenters. The monoisotopic (exact) mass is 345 g/mol. The molecule has 0 fully saturated rings. The van der Waals surface area contributed by atoms with E-state index in [-0.39, 0.29) is 36.6 Å². The molecule has 3 N–H and O–H groups in total. The lowest BCUT2D eigenvalue weighted by Gasteiger charge is -2.06. The minimum absolute atomic E-state index is 0.0184. The summed E-state index contributed by atoms with van der Waals surface area (Å²) in [6.45, 7) is 3.88. The molecule has 9 heteroatoms. The largest absolute Gasteiger partial charge is 0.466 e. The van der Waals surface area contributed by atoms with Crippen molar-refractivity contribution in [3.05, 3.63) is 41.5 Å². The van der Waals surface area contributed by atoms with Crippen LogP contribution in [0.1, 0.15) is 40.0 Å². The standard InChI is InChI=1S/C16H19N5O4/c1-3-25-13(22)7-8-17-16(24)14-12(9-18-21-14)20-15(23)11-6-4-5-10(2)19-11/h4-6,9H,3,7-8H2,1-2H3,(H,17,24)(H,18,21)(H,20,23). The topological polar surface area (TPSA) is 126 Å². The van der Waals surface area contributed by atoms with Crippen molar-refractivity contribution in [1.29, 1.82) is 0 Å². The SMILES string of the molecule is CCOC(=O)CCNC(=O)c1n[nH]cc1NC(=O)c1cccc(C)n1. The van der Waals surface area contributed by atoms with E-state index >= 15 is 0 Å². The highest BCUT2D eigenvalue weighted by Crippen LogP contribution is 2.13. The zero-order valence-corrected chi connectivity index (χ0v) is 14.0. The summed E-state index contributed by atoms with van der Waals surface area (Å²) in [6, 6.07) is 5.06. The van der Waals surface area contributed by atoms with E-state index < -0.39 is 17.8 Å². The van der Waals surface area contributed by atoms with Crippen molar-refractivity contribution in [3.63, 3.8) is 0 Å². The lowest BCUT2D eigenvalue weighted by atomic mass is 10.2. The Bertz CT molecular complexity index is 771. The lowest BCUT2D eigenvalue weighted by Crippen LogP contribution is -2.28. The molecule has 0 aliphatic rings. The molecule has 9 nitrogen and oxygen atoms in total. The number of hydrogen-bond acceptors (Lipinski definition) is 6. The van der Waals surface area contributed by atoms with Crippen LogP contribution in [0.3, 0.4) is 0 Å². The van der Waals surface area contributed by atoms with E-state index in [0.29, 0.717) is 5.69 Å². The summed E-state index contributed by atoms with van der Waals surface area (Å²) in [5, 5.41) is 11.5.